The summed E-state index contributed by atoms with van der Waals surface area (Å²) in [6.45, 7) is 5.19. The molecular formula is C16H25Cl2N3O. The van der Waals surface area contributed by atoms with Gasteiger partial charge >= 0.3 is 0 Å². The van der Waals surface area contributed by atoms with Gasteiger partial charge < -0.3 is 11.1 Å². The molecule has 1 saturated heterocycles. The standard InChI is InChI=1S/C16H23N3O.2ClH/c1-10-3-4-12(17)8-15(10)16(20)18-13-7-11(2)19(9-13)14-5-6-14;;/h3-4,8,11,13-14H,5-7,9,17H2,1-2H3,(H,18,20);2*1H. The van der Waals surface area contributed by atoms with E-state index in [1.807, 2.05) is 19.1 Å². The third-order valence-electron chi connectivity index (χ3n) is 4.48. The summed E-state index contributed by atoms with van der Waals surface area (Å²) in [5.74, 6) is 0.00430. The van der Waals surface area contributed by atoms with Gasteiger partial charge in [0.25, 0.3) is 5.91 Å². The van der Waals surface area contributed by atoms with Crippen LogP contribution in [0.5, 0.6) is 0 Å². The van der Waals surface area contributed by atoms with E-state index in [1.165, 1.54) is 12.8 Å². The number of aryl methyl sites for hydroxylation is 1. The maximum atomic E-state index is 12.4. The van der Waals surface area contributed by atoms with Gasteiger partial charge in [0.1, 0.15) is 0 Å². The van der Waals surface area contributed by atoms with E-state index in [0.717, 1.165) is 24.6 Å². The van der Waals surface area contributed by atoms with Crippen molar-refractivity contribution in [1.29, 1.82) is 0 Å². The van der Waals surface area contributed by atoms with Crippen LogP contribution in [0.4, 0.5) is 5.69 Å². The van der Waals surface area contributed by atoms with Crippen molar-refractivity contribution in [2.75, 3.05) is 12.3 Å². The average molecular weight is 346 g/mol. The molecule has 22 heavy (non-hydrogen) atoms. The number of anilines is 1. The van der Waals surface area contributed by atoms with Gasteiger partial charge in [-0.05, 0) is 50.8 Å². The average Bonchev–Trinajstić information content (AvgIpc) is 3.17. The van der Waals surface area contributed by atoms with E-state index in [9.17, 15) is 4.79 Å². The van der Waals surface area contributed by atoms with Gasteiger partial charge in [0.15, 0.2) is 0 Å². The summed E-state index contributed by atoms with van der Waals surface area (Å²) in [5.41, 5.74) is 8.09. The van der Waals surface area contributed by atoms with Crippen molar-refractivity contribution in [1.82, 2.24) is 10.2 Å². The Morgan fingerprint density at radius 3 is 2.64 bits per heavy atom. The Kier molecular flexibility index (Phi) is 6.53. The van der Waals surface area contributed by atoms with Gasteiger partial charge in [-0.2, -0.15) is 0 Å². The minimum absolute atomic E-state index is 0. The lowest BCUT2D eigenvalue weighted by atomic mass is 10.1. The largest absolute Gasteiger partial charge is 0.399 e. The molecule has 2 fully saturated rings. The van der Waals surface area contributed by atoms with E-state index in [4.69, 9.17) is 5.73 Å². The molecule has 1 amide bonds. The maximum Gasteiger partial charge on any atom is 0.251 e. The topological polar surface area (TPSA) is 58.4 Å². The number of carbonyl (C=O) groups excluding carboxylic acids is 1. The zero-order chi connectivity index (χ0) is 14.3. The van der Waals surface area contributed by atoms with E-state index < -0.39 is 0 Å². The molecule has 1 saturated carbocycles. The summed E-state index contributed by atoms with van der Waals surface area (Å²) in [7, 11) is 0. The highest BCUT2D eigenvalue weighted by molar-refractivity contribution is 5.96. The van der Waals surface area contributed by atoms with Gasteiger partial charge in [0.05, 0.1) is 0 Å². The molecule has 1 aliphatic heterocycles. The number of nitrogens with two attached hydrogens (primary N) is 1. The van der Waals surface area contributed by atoms with Crippen LogP contribution in [0.2, 0.25) is 0 Å². The predicted molar refractivity (Wildman–Crippen MR) is 95.1 cm³/mol. The van der Waals surface area contributed by atoms with Gasteiger partial charge in [0, 0.05) is 35.9 Å². The fourth-order valence-electron chi connectivity index (χ4n) is 3.22. The zero-order valence-electron chi connectivity index (χ0n) is 13.0. The van der Waals surface area contributed by atoms with Crippen molar-refractivity contribution >= 4 is 36.4 Å². The van der Waals surface area contributed by atoms with Crippen molar-refractivity contribution in [3.05, 3.63) is 29.3 Å². The van der Waals surface area contributed by atoms with Gasteiger partial charge in [-0.25, -0.2) is 0 Å². The molecule has 0 aromatic heterocycles. The third kappa shape index (κ3) is 4.06. The molecule has 2 aliphatic rings. The maximum absolute atomic E-state index is 12.4. The van der Waals surface area contributed by atoms with Crippen LogP contribution >= 0.6 is 24.8 Å². The number of nitrogens with one attached hydrogen (secondary N) is 1. The summed E-state index contributed by atoms with van der Waals surface area (Å²) in [4.78, 5) is 14.9. The Morgan fingerprint density at radius 1 is 1.32 bits per heavy atom. The zero-order valence-corrected chi connectivity index (χ0v) is 14.7. The lowest BCUT2D eigenvalue weighted by molar-refractivity contribution is 0.0937. The fourth-order valence-corrected chi connectivity index (χ4v) is 3.22. The van der Waals surface area contributed by atoms with Crippen molar-refractivity contribution in [2.24, 2.45) is 0 Å². The number of nitrogens with zero attached hydrogens (tertiary/aromatic N) is 1. The van der Waals surface area contributed by atoms with Gasteiger partial charge in [-0.1, -0.05) is 6.07 Å². The molecular weight excluding hydrogens is 321 g/mol. The highest BCUT2D eigenvalue weighted by atomic mass is 35.5. The van der Waals surface area contributed by atoms with Crippen LogP contribution in [0.3, 0.4) is 0 Å². The SMILES string of the molecule is Cc1ccc(N)cc1C(=O)NC1CC(C)N(C2CC2)C1.Cl.Cl. The molecule has 1 aliphatic carbocycles. The second-order valence-corrected chi connectivity index (χ2v) is 6.26. The van der Waals surface area contributed by atoms with Crippen LogP contribution in [0.15, 0.2) is 18.2 Å². The molecule has 2 atom stereocenters. The smallest absolute Gasteiger partial charge is 0.251 e. The molecule has 1 aromatic carbocycles. The van der Waals surface area contributed by atoms with Crippen LogP contribution in [0.25, 0.3) is 0 Å². The number of rotatable bonds is 3. The second-order valence-electron chi connectivity index (χ2n) is 6.26. The van der Waals surface area contributed by atoms with E-state index >= 15 is 0 Å². The molecule has 1 heterocycles. The third-order valence-corrected chi connectivity index (χ3v) is 4.48. The number of amides is 1. The van der Waals surface area contributed by atoms with Crippen LogP contribution in [-0.2, 0) is 0 Å². The van der Waals surface area contributed by atoms with Gasteiger partial charge in [-0.15, -0.1) is 24.8 Å². The predicted octanol–water partition coefficient (Wildman–Crippen LogP) is 2.78. The Hall–Kier alpha value is -0.970. The minimum atomic E-state index is 0. The van der Waals surface area contributed by atoms with Gasteiger partial charge in [0.2, 0.25) is 0 Å². The van der Waals surface area contributed by atoms with E-state index in [1.54, 1.807) is 6.07 Å². The number of carbonyl (C=O) groups is 1. The van der Waals surface area contributed by atoms with E-state index in [0.29, 0.717) is 17.3 Å². The number of benzene rings is 1. The molecule has 6 heteroatoms. The normalized spacial score (nSPS) is 24.3. The summed E-state index contributed by atoms with van der Waals surface area (Å²) in [6, 6.07) is 7.10. The van der Waals surface area contributed by atoms with Crippen LogP contribution in [0.1, 0.15) is 42.1 Å². The van der Waals surface area contributed by atoms with Crippen molar-refractivity contribution in [3.8, 4) is 0 Å². The molecule has 4 nitrogen and oxygen atoms in total. The minimum Gasteiger partial charge on any atom is -0.399 e. The molecule has 1 aromatic rings. The van der Waals surface area contributed by atoms with E-state index in [-0.39, 0.29) is 36.8 Å². The lowest BCUT2D eigenvalue weighted by Crippen LogP contribution is -2.38. The molecule has 0 bridgehead atoms. The number of hydrogen-bond donors (Lipinski definition) is 2. The first-order valence-electron chi connectivity index (χ1n) is 7.47. The fraction of sp³-hybridized carbons (Fsp3) is 0.562. The first kappa shape index (κ1) is 19.1. The second kappa shape index (κ2) is 7.53. The first-order chi connectivity index (χ1) is 9.54. The van der Waals surface area contributed by atoms with Crippen LogP contribution in [0, 0.1) is 6.92 Å². The summed E-state index contributed by atoms with van der Waals surface area (Å²) in [5, 5.41) is 3.17. The van der Waals surface area contributed by atoms with Crippen molar-refractivity contribution < 1.29 is 4.79 Å². The Labute approximate surface area is 144 Å². The monoisotopic (exact) mass is 345 g/mol. The van der Waals surface area contributed by atoms with Crippen molar-refractivity contribution in [3.63, 3.8) is 0 Å². The highest BCUT2D eigenvalue weighted by Gasteiger charge is 2.39. The first-order valence-corrected chi connectivity index (χ1v) is 7.47. The molecule has 3 rings (SSSR count). The van der Waals surface area contributed by atoms with Gasteiger partial charge in [-0.3, -0.25) is 9.69 Å². The quantitative estimate of drug-likeness (QED) is 0.828. The summed E-state index contributed by atoms with van der Waals surface area (Å²) < 4.78 is 0. The number of halogens is 2. The Balaban J connectivity index is 0.00000121. The number of likely N-dealkylation sites (tertiary alicyclic amines) is 1. The molecule has 0 radical (unpaired) electrons. The Bertz CT molecular complexity index is 534. The molecule has 3 N–H and O–H groups in total. The molecule has 124 valence electrons. The van der Waals surface area contributed by atoms with Crippen molar-refractivity contribution in [2.45, 2.75) is 51.2 Å². The van der Waals surface area contributed by atoms with E-state index in [2.05, 4.69) is 17.1 Å². The summed E-state index contributed by atoms with van der Waals surface area (Å²) >= 11 is 0. The summed E-state index contributed by atoms with van der Waals surface area (Å²) in [6.07, 6.45) is 3.68. The number of hydrogen-bond acceptors (Lipinski definition) is 3. The molecule has 2 unspecified atom stereocenters. The van der Waals surface area contributed by atoms with Crippen LogP contribution in [-0.4, -0.2) is 35.5 Å². The molecule has 0 spiro atoms. The Morgan fingerprint density at radius 2 is 2.00 bits per heavy atom. The lowest BCUT2D eigenvalue weighted by Gasteiger charge is -2.19. The highest BCUT2D eigenvalue weighted by Crippen LogP contribution is 2.33. The van der Waals surface area contributed by atoms with Crippen LogP contribution < -0.4 is 11.1 Å². The number of nitrogen functional groups attached to an aromatic ring is 1.